The maximum atomic E-state index is 5.54. The van der Waals surface area contributed by atoms with Gasteiger partial charge < -0.3 is 4.42 Å². The van der Waals surface area contributed by atoms with Gasteiger partial charge >= 0.3 is 0 Å². The van der Waals surface area contributed by atoms with Crippen molar-refractivity contribution >= 4 is 0 Å². The summed E-state index contributed by atoms with van der Waals surface area (Å²) in [5, 5.41) is 12.3. The van der Waals surface area contributed by atoms with Gasteiger partial charge in [0.1, 0.15) is 0 Å². The van der Waals surface area contributed by atoms with Crippen LogP contribution in [-0.4, -0.2) is 38.0 Å². The van der Waals surface area contributed by atoms with E-state index in [4.69, 9.17) is 4.42 Å². The summed E-state index contributed by atoms with van der Waals surface area (Å²) in [5.74, 6) is 1.97. The van der Waals surface area contributed by atoms with Gasteiger partial charge in [-0.2, -0.15) is 5.10 Å². The van der Waals surface area contributed by atoms with E-state index in [0.29, 0.717) is 11.8 Å². The van der Waals surface area contributed by atoms with Gasteiger partial charge in [0.05, 0.1) is 6.04 Å². The third kappa shape index (κ3) is 2.47. The van der Waals surface area contributed by atoms with Gasteiger partial charge in [0.15, 0.2) is 0 Å². The van der Waals surface area contributed by atoms with Crippen molar-refractivity contribution in [1.82, 2.24) is 24.9 Å². The number of hydrogen-bond acceptors (Lipinski definition) is 5. The summed E-state index contributed by atoms with van der Waals surface area (Å²) in [6.07, 6.45) is 4.18. The second kappa shape index (κ2) is 5.36. The number of hydrogen-bond donors (Lipinski definition) is 0. The van der Waals surface area contributed by atoms with Gasteiger partial charge in [-0.15, -0.1) is 10.2 Å². The Morgan fingerprint density at radius 1 is 1.30 bits per heavy atom. The largest absolute Gasteiger partial charge is 0.424 e. The Labute approximate surface area is 118 Å². The van der Waals surface area contributed by atoms with Crippen molar-refractivity contribution in [2.45, 2.75) is 38.6 Å². The summed E-state index contributed by atoms with van der Waals surface area (Å²) in [7, 11) is 2.02. The van der Waals surface area contributed by atoms with Gasteiger partial charge in [0, 0.05) is 31.8 Å². The molecule has 0 saturated carbocycles. The molecule has 0 aromatic carbocycles. The number of aryl methyl sites for hydroxylation is 2. The van der Waals surface area contributed by atoms with Crippen molar-refractivity contribution in [2.75, 3.05) is 13.1 Å². The SMILES string of the molecule is Cc1nnc(C(C)N2CCC(c3ccnn3C)CC2)o1. The molecule has 2 aromatic heterocycles. The Balaban J connectivity index is 1.62. The number of rotatable bonds is 3. The van der Waals surface area contributed by atoms with Crippen molar-refractivity contribution in [1.29, 1.82) is 0 Å². The summed E-state index contributed by atoms with van der Waals surface area (Å²) >= 11 is 0. The maximum absolute atomic E-state index is 5.54. The Bertz CT molecular complexity index is 568. The minimum atomic E-state index is 0.198. The first kappa shape index (κ1) is 13.3. The van der Waals surface area contributed by atoms with E-state index < -0.39 is 0 Å². The molecule has 0 radical (unpaired) electrons. The fourth-order valence-electron chi connectivity index (χ4n) is 3.00. The standard InChI is InChI=1S/C14H21N5O/c1-10(14-17-16-11(2)20-14)19-8-5-12(6-9-19)13-4-7-15-18(13)3/h4,7,10,12H,5-6,8-9H2,1-3H3. The van der Waals surface area contributed by atoms with Gasteiger partial charge in [-0.1, -0.05) is 0 Å². The summed E-state index contributed by atoms with van der Waals surface area (Å²) in [6, 6.07) is 2.33. The van der Waals surface area contributed by atoms with Gasteiger partial charge in [-0.25, -0.2) is 0 Å². The fourth-order valence-corrected chi connectivity index (χ4v) is 3.00. The number of nitrogens with zero attached hydrogens (tertiary/aromatic N) is 5. The third-order valence-corrected chi connectivity index (χ3v) is 4.25. The highest BCUT2D eigenvalue weighted by atomic mass is 16.4. The molecule has 20 heavy (non-hydrogen) atoms. The Morgan fingerprint density at radius 2 is 2.05 bits per heavy atom. The summed E-state index contributed by atoms with van der Waals surface area (Å²) in [5.41, 5.74) is 1.34. The highest BCUT2D eigenvalue weighted by Crippen LogP contribution is 2.31. The molecule has 0 amide bonds. The molecule has 1 atom stereocenters. The molecule has 1 aliphatic heterocycles. The predicted molar refractivity (Wildman–Crippen MR) is 74.2 cm³/mol. The topological polar surface area (TPSA) is 60.0 Å². The first-order chi connectivity index (χ1) is 9.65. The molecule has 6 heteroatoms. The minimum Gasteiger partial charge on any atom is -0.424 e. The second-order valence-corrected chi connectivity index (χ2v) is 5.53. The Kier molecular flexibility index (Phi) is 3.56. The lowest BCUT2D eigenvalue weighted by atomic mass is 9.92. The zero-order valence-electron chi connectivity index (χ0n) is 12.3. The van der Waals surface area contributed by atoms with Crippen LogP contribution in [0.5, 0.6) is 0 Å². The van der Waals surface area contributed by atoms with Crippen LogP contribution in [0.25, 0.3) is 0 Å². The van der Waals surface area contributed by atoms with Crippen molar-refractivity contribution in [3.63, 3.8) is 0 Å². The van der Waals surface area contributed by atoms with Crippen molar-refractivity contribution in [3.05, 3.63) is 29.7 Å². The lowest BCUT2D eigenvalue weighted by Gasteiger charge is -2.34. The van der Waals surface area contributed by atoms with Crippen LogP contribution in [0.2, 0.25) is 0 Å². The molecule has 3 rings (SSSR count). The zero-order valence-corrected chi connectivity index (χ0v) is 12.3. The molecule has 1 fully saturated rings. The van der Waals surface area contributed by atoms with E-state index >= 15 is 0 Å². The number of likely N-dealkylation sites (tertiary alicyclic amines) is 1. The first-order valence-corrected chi connectivity index (χ1v) is 7.17. The predicted octanol–water partition coefficient (Wildman–Crippen LogP) is 2.05. The van der Waals surface area contributed by atoms with Crippen LogP contribution < -0.4 is 0 Å². The van der Waals surface area contributed by atoms with E-state index in [0.717, 1.165) is 31.8 Å². The van der Waals surface area contributed by atoms with Crippen molar-refractivity contribution in [3.8, 4) is 0 Å². The van der Waals surface area contributed by atoms with Crippen LogP contribution in [0.1, 0.15) is 49.2 Å². The van der Waals surface area contributed by atoms with Crippen LogP contribution >= 0.6 is 0 Å². The number of aromatic nitrogens is 4. The van der Waals surface area contributed by atoms with E-state index in [-0.39, 0.29) is 6.04 Å². The molecule has 2 aromatic rings. The van der Waals surface area contributed by atoms with Crippen molar-refractivity contribution in [2.24, 2.45) is 7.05 Å². The highest BCUT2D eigenvalue weighted by molar-refractivity contribution is 5.09. The minimum absolute atomic E-state index is 0.198. The van der Waals surface area contributed by atoms with Gasteiger partial charge in [-0.05, 0) is 38.9 Å². The van der Waals surface area contributed by atoms with Crippen LogP contribution in [0, 0.1) is 6.92 Å². The molecular formula is C14H21N5O. The molecule has 3 heterocycles. The molecule has 6 nitrogen and oxygen atoms in total. The highest BCUT2D eigenvalue weighted by Gasteiger charge is 2.27. The zero-order chi connectivity index (χ0) is 14.1. The van der Waals surface area contributed by atoms with Crippen LogP contribution in [0.15, 0.2) is 16.7 Å². The molecular weight excluding hydrogens is 254 g/mol. The van der Waals surface area contributed by atoms with E-state index in [1.807, 2.05) is 24.9 Å². The van der Waals surface area contributed by atoms with Crippen LogP contribution in [-0.2, 0) is 7.05 Å². The second-order valence-electron chi connectivity index (χ2n) is 5.53. The maximum Gasteiger partial charge on any atom is 0.233 e. The molecule has 1 unspecified atom stereocenters. The lowest BCUT2D eigenvalue weighted by Crippen LogP contribution is -2.35. The van der Waals surface area contributed by atoms with E-state index in [2.05, 4.69) is 33.2 Å². The molecule has 1 saturated heterocycles. The Hall–Kier alpha value is -1.69. The summed E-state index contributed by atoms with van der Waals surface area (Å²) < 4.78 is 7.53. The Morgan fingerprint density at radius 3 is 2.60 bits per heavy atom. The third-order valence-electron chi connectivity index (χ3n) is 4.25. The molecule has 0 spiro atoms. The summed E-state index contributed by atoms with van der Waals surface area (Å²) in [4.78, 5) is 2.42. The normalized spacial score (nSPS) is 19.4. The average Bonchev–Trinajstić information content (AvgIpc) is 3.07. The van der Waals surface area contributed by atoms with Gasteiger partial charge in [0.2, 0.25) is 11.8 Å². The first-order valence-electron chi connectivity index (χ1n) is 7.17. The molecule has 0 aliphatic carbocycles. The van der Waals surface area contributed by atoms with Crippen LogP contribution in [0.4, 0.5) is 0 Å². The molecule has 1 aliphatic rings. The molecule has 0 N–H and O–H groups in total. The fraction of sp³-hybridized carbons (Fsp3) is 0.643. The molecule has 0 bridgehead atoms. The quantitative estimate of drug-likeness (QED) is 0.858. The van der Waals surface area contributed by atoms with Crippen LogP contribution in [0.3, 0.4) is 0 Å². The lowest BCUT2D eigenvalue weighted by molar-refractivity contribution is 0.140. The van der Waals surface area contributed by atoms with Crippen molar-refractivity contribution < 1.29 is 4.42 Å². The van der Waals surface area contributed by atoms with E-state index in [9.17, 15) is 0 Å². The number of piperidine rings is 1. The molecule has 108 valence electrons. The monoisotopic (exact) mass is 275 g/mol. The van der Waals surface area contributed by atoms with E-state index in [1.54, 1.807) is 0 Å². The summed E-state index contributed by atoms with van der Waals surface area (Å²) in [6.45, 7) is 6.08. The van der Waals surface area contributed by atoms with Gasteiger partial charge in [0.25, 0.3) is 0 Å². The average molecular weight is 275 g/mol. The van der Waals surface area contributed by atoms with Gasteiger partial charge in [-0.3, -0.25) is 9.58 Å². The van der Waals surface area contributed by atoms with E-state index in [1.165, 1.54) is 5.69 Å². The smallest absolute Gasteiger partial charge is 0.233 e.